The molecule has 4 amide bonds. The van der Waals surface area contributed by atoms with Crippen molar-refractivity contribution < 1.29 is 14.4 Å². The summed E-state index contributed by atoms with van der Waals surface area (Å²) in [5, 5.41) is 0. The van der Waals surface area contributed by atoms with Gasteiger partial charge in [-0.05, 0) is 49.9 Å². The molecule has 0 bridgehead atoms. The van der Waals surface area contributed by atoms with Crippen LogP contribution in [0.15, 0.2) is 24.3 Å². The number of benzene rings is 1. The van der Waals surface area contributed by atoms with Gasteiger partial charge in [-0.2, -0.15) is 0 Å². The Balaban J connectivity index is 1.57. The van der Waals surface area contributed by atoms with Gasteiger partial charge < -0.3 is 4.90 Å². The summed E-state index contributed by atoms with van der Waals surface area (Å²) >= 11 is 0. The van der Waals surface area contributed by atoms with Crippen LogP contribution < -0.4 is 4.90 Å². The van der Waals surface area contributed by atoms with Gasteiger partial charge in [-0.25, -0.2) is 9.69 Å². The molecular weight excluding hydrogens is 356 g/mol. The Labute approximate surface area is 166 Å². The van der Waals surface area contributed by atoms with Gasteiger partial charge in [0.1, 0.15) is 0 Å². The molecular formula is C21H30N4O3. The maximum absolute atomic E-state index is 12.4. The topological polar surface area (TPSA) is 64.2 Å². The Kier molecular flexibility index (Phi) is 6.34. The third-order valence-electron chi connectivity index (χ3n) is 5.18. The van der Waals surface area contributed by atoms with Crippen LogP contribution in [-0.4, -0.2) is 65.9 Å². The second-order valence-corrected chi connectivity index (χ2v) is 8.20. The number of anilines is 1. The first-order valence-electron chi connectivity index (χ1n) is 10.1. The van der Waals surface area contributed by atoms with Crippen molar-refractivity contribution in [2.45, 2.75) is 39.7 Å². The number of carbonyl (C=O) groups excluding carboxylic acids is 3. The minimum Gasteiger partial charge on any atom is -0.372 e. The Morgan fingerprint density at radius 3 is 2.14 bits per heavy atom. The van der Waals surface area contributed by atoms with E-state index >= 15 is 0 Å². The summed E-state index contributed by atoms with van der Waals surface area (Å²) in [6.45, 7) is 7.00. The normalized spacial score (nSPS) is 18.2. The standard InChI is InChI=1S/C21H30N4O3/c1-16(2)13-24-19(26)20(27)25(21(24)28)15-22(3)14-17-7-9-18(10-8-17)23-11-5-4-6-12-23/h7-10,16H,4-6,11-15H2,1-3H3. The summed E-state index contributed by atoms with van der Waals surface area (Å²) in [6.07, 6.45) is 3.80. The van der Waals surface area contributed by atoms with E-state index in [1.165, 1.54) is 24.9 Å². The van der Waals surface area contributed by atoms with Crippen LogP contribution in [0, 0.1) is 5.92 Å². The van der Waals surface area contributed by atoms with Crippen LogP contribution in [0.1, 0.15) is 38.7 Å². The molecule has 2 heterocycles. The number of rotatable bonds is 7. The van der Waals surface area contributed by atoms with Crippen molar-refractivity contribution in [1.82, 2.24) is 14.7 Å². The van der Waals surface area contributed by atoms with Crippen molar-refractivity contribution in [2.24, 2.45) is 5.92 Å². The van der Waals surface area contributed by atoms with E-state index in [0.717, 1.165) is 28.5 Å². The molecule has 152 valence electrons. The molecule has 0 saturated carbocycles. The number of nitrogens with zero attached hydrogens (tertiary/aromatic N) is 4. The van der Waals surface area contributed by atoms with Crippen molar-refractivity contribution in [1.29, 1.82) is 0 Å². The third kappa shape index (κ3) is 4.52. The van der Waals surface area contributed by atoms with E-state index in [1.807, 2.05) is 25.8 Å². The van der Waals surface area contributed by atoms with E-state index < -0.39 is 17.8 Å². The second kappa shape index (κ2) is 8.73. The lowest BCUT2D eigenvalue weighted by molar-refractivity contribution is -0.144. The van der Waals surface area contributed by atoms with Crippen LogP contribution in [0.5, 0.6) is 0 Å². The zero-order chi connectivity index (χ0) is 20.3. The Hall–Kier alpha value is -2.41. The lowest BCUT2D eigenvalue weighted by Crippen LogP contribution is -2.41. The van der Waals surface area contributed by atoms with Crippen molar-refractivity contribution in [3.63, 3.8) is 0 Å². The summed E-state index contributed by atoms with van der Waals surface area (Å²) in [6, 6.07) is 7.92. The number of piperidine rings is 1. The second-order valence-electron chi connectivity index (χ2n) is 8.20. The molecule has 0 atom stereocenters. The predicted octanol–water partition coefficient (Wildman–Crippen LogP) is 2.51. The number of hydrogen-bond donors (Lipinski definition) is 0. The lowest BCUT2D eigenvalue weighted by atomic mass is 10.1. The zero-order valence-corrected chi connectivity index (χ0v) is 17.1. The first kappa shape index (κ1) is 20.3. The molecule has 7 nitrogen and oxygen atoms in total. The maximum atomic E-state index is 12.4. The predicted molar refractivity (Wildman–Crippen MR) is 108 cm³/mol. The molecule has 0 spiro atoms. The highest BCUT2D eigenvalue weighted by atomic mass is 16.2. The first-order valence-corrected chi connectivity index (χ1v) is 10.1. The van der Waals surface area contributed by atoms with Gasteiger partial charge in [0.05, 0.1) is 6.67 Å². The van der Waals surface area contributed by atoms with E-state index in [2.05, 4.69) is 29.2 Å². The van der Waals surface area contributed by atoms with Crippen LogP contribution in [0.4, 0.5) is 10.5 Å². The number of amides is 4. The molecule has 2 aliphatic heterocycles. The Morgan fingerprint density at radius 1 is 0.929 bits per heavy atom. The quantitative estimate of drug-likeness (QED) is 0.532. The number of carbonyl (C=O) groups is 3. The van der Waals surface area contributed by atoms with E-state index in [0.29, 0.717) is 6.54 Å². The van der Waals surface area contributed by atoms with Crippen molar-refractivity contribution in [2.75, 3.05) is 38.3 Å². The Bertz CT molecular complexity index is 726. The van der Waals surface area contributed by atoms with E-state index in [9.17, 15) is 14.4 Å². The third-order valence-corrected chi connectivity index (χ3v) is 5.18. The van der Waals surface area contributed by atoms with E-state index in [-0.39, 0.29) is 19.1 Å². The molecule has 0 radical (unpaired) electrons. The molecule has 2 aliphatic rings. The molecule has 2 saturated heterocycles. The fourth-order valence-electron chi connectivity index (χ4n) is 3.77. The van der Waals surface area contributed by atoms with Gasteiger partial charge in [0.15, 0.2) is 0 Å². The molecule has 1 aromatic rings. The molecule has 28 heavy (non-hydrogen) atoms. The SMILES string of the molecule is CC(C)CN1C(=O)C(=O)N(CN(C)Cc2ccc(N3CCCCC3)cc2)C1=O. The van der Waals surface area contributed by atoms with Crippen molar-refractivity contribution >= 4 is 23.5 Å². The van der Waals surface area contributed by atoms with Crippen LogP contribution in [0.25, 0.3) is 0 Å². The van der Waals surface area contributed by atoms with Gasteiger partial charge in [0, 0.05) is 31.9 Å². The van der Waals surface area contributed by atoms with Crippen LogP contribution in [0.2, 0.25) is 0 Å². The van der Waals surface area contributed by atoms with Crippen molar-refractivity contribution in [3.8, 4) is 0 Å². The lowest BCUT2D eigenvalue weighted by Gasteiger charge is -2.29. The van der Waals surface area contributed by atoms with Gasteiger partial charge in [0.2, 0.25) is 0 Å². The highest BCUT2D eigenvalue weighted by molar-refractivity contribution is 6.44. The molecule has 0 aliphatic carbocycles. The van der Waals surface area contributed by atoms with Gasteiger partial charge in [-0.3, -0.25) is 19.4 Å². The summed E-state index contributed by atoms with van der Waals surface area (Å²) in [5.41, 5.74) is 2.35. The average Bonchev–Trinajstić information content (AvgIpc) is 2.87. The average molecular weight is 386 g/mol. The van der Waals surface area contributed by atoms with Crippen LogP contribution in [0.3, 0.4) is 0 Å². The monoisotopic (exact) mass is 386 g/mol. The minimum atomic E-state index is -0.738. The fraction of sp³-hybridized carbons (Fsp3) is 0.571. The summed E-state index contributed by atoms with van der Waals surface area (Å²) in [4.78, 5) is 43.1. The number of urea groups is 1. The molecule has 3 rings (SSSR count). The summed E-state index contributed by atoms with van der Waals surface area (Å²) in [5.74, 6) is -1.34. The largest absolute Gasteiger partial charge is 0.372 e. The van der Waals surface area contributed by atoms with E-state index in [1.54, 1.807) is 0 Å². The van der Waals surface area contributed by atoms with Crippen LogP contribution in [-0.2, 0) is 16.1 Å². The molecule has 0 aromatic heterocycles. The first-order chi connectivity index (χ1) is 13.4. The van der Waals surface area contributed by atoms with E-state index in [4.69, 9.17) is 0 Å². The molecule has 7 heteroatoms. The van der Waals surface area contributed by atoms with Gasteiger partial charge in [-0.15, -0.1) is 0 Å². The minimum absolute atomic E-state index is 0.103. The van der Waals surface area contributed by atoms with Crippen LogP contribution >= 0.6 is 0 Å². The summed E-state index contributed by atoms with van der Waals surface area (Å²) < 4.78 is 0. The highest BCUT2D eigenvalue weighted by Gasteiger charge is 2.44. The van der Waals surface area contributed by atoms with Gasteiger partial charge in [-0.1, -0.05) is 26.0 Å². The molecule has 0 N–H and O–H groups in total. The maximum Gasteiger partial charge on any atom is 0.335 e. The highest BCUT2D eigenvalue weighted by Crippen LogP contribution is 2.21. The fourth-order valence-corrected chi connectivity index (χ4v) is 3.77. The molecule has 2 fully saturated rings. The van der Waals surface area contributed by atoms with Gasteiger partial charge in [0.25, 0.3) is 0 Å². The smallest absolute Gasteiger partial charge is 0.335 e. The molecule has 1 aromatic carbocycles. The van der Waals surface area contributed by atoms with Gasteiger partial charge >= 0.3 is 17.8 Å². The summed E-state index contributed by atoms with van der Waals surface area (Å²) in [7, 11) is 1.84. The Morgan fingerprint density at radius 2 is 1.54 bits per heavy atom. The number of hydrogen-bond acceptors (Lipinski definition) is 5. The zero-order valence-electron chi connectivity index (χ0n) is 17.1. The van der Waals surface area contributed by atoms with Crippen molar-refractivity contribution in [3.05, 3.63) is 29.8 Å². The number of imide groups is 2. The molecule has 0 unspecified atom stereocenters.